The van der Waals surface area contributed by atoms with Crippen LogP contribution in [0.25, 0.3) is 0 Å². The van der Waals surface area contributed by atoms with Crippen LogP contribution in [0, 0.1) is 10.1 Å². The summed E-state index contributed by atoms with van der Waals surface area (Å²) in [6.07, 6.45) is 0. The summed E-state index contributed by atoms with van der Waals surface area (Å²) in [5.74, 6) is 0.709. The Bertz CT molecular complexity index is 650. The third kappa shape index (κ3) is 7.40. The number of morpholine rings is 1. The Hall–Kier alpha value is -1.66. The monoisotopic (exact) mass is 506 g/mol. The van der Waals surface area contributed by atoms with Crippen molar-refractivity contribution in [3.63, 3.8) is 0 Å². The largest absolute Gasteiger partial charge is 0.379 e. The van der Waals surface area contributed by atoms with Gasteiger partial charge in [0.1, 0.15) is 5.69 Å². The van der Waals surface area contributed by atoms with Crippen LogP contribution in [-0.4, -0.2) is 74.3 Å². The molecule has 1 aromatic rings. The highest BCUT2D eigenvalue weighted by Crippen LogP contribution is 2.22. The Morgan fingerprint density at radius 3 is 2.57 bits per heavy atom. The van der Waals surface area contributed by atoms with Gasteiger partial charge in [0.15, 0.2) is 5.96 Å². The van der Waals surface area contributed by atoms with Crippen LogP contribution in [0.5, 0.6) is 0 Å². The highest BCUT2D eigenvalue weighted by molar-refractivity contribution is 14.0. The Labute approximate surface area is 183 Å². The fraction of sp³-hybridized carbons (Fsp3) is 0.611. The molecule has 0 amide bonds. The Morgan fingerprint density at radius 2 is 1.93 bits per heavy atom. The second-order valence-electron chi connectivity index (χ2n) is 6.97. The lowest BCUT2D eigenvalue weighted by Gasteiger charge is -2.41. The van der Waals surface area contributed by atoms with Gasteiger partial charge < -0.3 is 20.7 Å². The van der Waals surface area contributed by atoms with Crippen molar-refractivity contribution < 1.29 is 9.66 Å². The molecule has 158 valence electrons. The van der Waals surface area contributed by atoms with E-state index in [9.17, 15) is 10.1 Å². The first-order valence-corrected chi connectivity index (χ1v) is 9.18. The number of rotatable bonds is 8. The third-order valence-electron chi connectivity index (χ3n) is 4.61. The van der Waals surface area contributed by atoms with Crippen LogP contribution >= 0.6 is 24.0 Å². The molecular weight excluding hydrogens is 475 g/mol. The maximum absolute atomic E-state index is 11.0. The second kappa shape index (κ2) is 12.0. The van der Waals surface area contributed by atoms with Crippen LogP contribution in [0.2, 0.25) is 0 Å². The summed E-state index contributed by atoms with van der Waals surface area (Å²) in [5, 5.41) is 20.7. The summed E-state index contributed by atoms with van der Waals surface area (Å²) in [6, 6.07) is 6.63. The summed E-state index contributed by atoms with van der Waals surface area (Å²) in [4.78, 5) is 17.3. The molecule has 1 aliphatic heterocycles. The van der Waals surface area contributed by atoms with E-state index in [1.165, 1.54) is 6.07 Å². The number of hydrogen-bond donors (Lipinski definition) is 3. The number of halogens is 1. The van der Waals surface area contributed by atoms with Crippen molar-refractivity contribution in [2.75, 3.05) is 58.3 Å². The predicted octanol–water partition coefficient (Wildman–Crippen LogP) is 1.90. The topological polar surface area (TPSA) is 104 Å². The molecule has 1 aromatic carbocycles. The molecular formula is C18H31IN6O3. The van der Waals surface area contributed by atoms with Crippen molar-refractivity contribution in [2.24, 2.45) is 4.99 Å². The van der Waals surface area contributed by atoms with Crippen molar-refractivity contribution in [3.8, 4) is 0 Å². The van der Waals surface area contributed by atoms with Crippen molar-refractivity contribution in [1.82, 2.24) is 15.5 Å². The van der Waals surface area contributed by atoms with E-state index in [1.807, 2.05) is 0 Å². The lowest BCUT2D eigenvalue weighted by molar-refractivity contribution is -0.384. The fourth-order valence-corrected chi connectivity index (χ4v) is 2.96. The van der Waals surface area contributed by atoms with Crippen LogP contribution in [0.1, 0.15) is 13.8 Å². The zero-order valence-corrected chi connectivity index (χ0v) is 19.1. The molecule has 0 bridgehead atoms. The second-order valence-corrected chi connectivity index (χ2v) is 6.97. The molecule has 10 heteroatoms. The van der Waals surface area contributed by atoms with Gasteiger partial charge in [-0.2, -0.15) is 0 Å². The van der Waals surface area contributed by atoms with Gasteiger partial charge in [0.2, 0.25) is 0 Å². The van der Waals surface area contributed by atoms with Gasteiger partial charge in [0.25, 0.3) is 5.69 Å². The number of nitrogens with zero attached hydrogens (tertiary/aromatic N) is 3. The standard InChI is InChI=1S/C18H30N6O3.HI/c1-18(2,23-10-12-27-13-11-23)14-22-17(19-3)21-9-8-20-15-6-4-5-7-16(15)24(25)26;/h4-7,20H,8-14H2,1-3H3,(H2,19,21,22);1H. The smallest absolute Gasteiger partial charge is 0.292 e. The molecule has 0 atom stereocenters. The summed E-state index contributed by atoms with van der Waals surface area (Å²) in [6.45, 7) is 9.69. The van der Waals surface area contributed by atoms with E-state index in [1.54, 1.807) is 25.2 Å². The molecule has 3 N–H and O–H groups in total. The van der Waals surface area contributed by atoms with Crippen molar-refractivity contribution in [2.45, 2.75) is 19.4 Å². The van der Waals surface area contributed by atoms with Gasteiger partial charge in [-0.1, -0.05) is 12.1 Å². The van der Waals surface area contributed by atoms with E-state index < -0.39 is 0 Å². The molecule has 1 saturated heterocycles. The molecule has 0 aromatic heterocycles. The van der Waals surface area contributed by atoms with Crippen molar-refractivity contribution in [1.29, 1.82) is 0 Å². The molecule has 2 rings (SSSR count). The van der Waals surface area contributed by atoms with Crippen LogP contribution in [0.15, 0.2) is 29.3 Å². The number of benzene rings is 1. The summed E-state index contributed by atoms with van der Waals surface area (Å²) >= 11 is 0. The molecule has 1 fully saturated rings. The van der Waals surface area contributed by atoms with Gasteiger partial charge in [-0.25, -0.2) is 0 Å². The van der Waals surface area contributed by atoms with Crippen molar-refractivity contribution >= 4 is 41.3 Å². The number of nitro groups is 1. The van der Waals surface area contributed by atoms with Crippen LogP contribution < -0.4 is 16.0 Å². The van der Waals surface area contributed by atoms with Gasteiger partial charge in [-0.15, -0.1) is 24.0 Å². The van der Waals surface area contributed by atoms with Crippen LogP contribution in [-0.2, 0) is 4.74 Å². The first-order chi connectivity index (χ1) is 12.9. The molecule has 0 spiro atoms. The number of aliphatic imine (C=N–C) groups is 1. The normalized spacial score (nSPS) is 15.5. The maximum Gasteiger partial charge on any atom is 0.292 e. The lowest BCUT2D eigenvalue weighted by Crippen LogP contribution is -2.56. The first-order valence-electron chi connectivity index (χ1n) is 9.18. The van der Waals surface area contributed by atoms with Gasteiger partial charge in [-0.05, 0) is 19.9 Å². The van der Waals surface area contributed by atoms with E-state index in [0.29, 0.717) is 24.7 Å². The molecule has 1 heterocycles. The SMILES string of the molecule is CN=C(NCCNc1ccccc1[N+](=O)[O-])NCC(C)(C)N1CCOCC1.I. The molecule has 0 aliphatic carbocycles. The number of nitro benzene ring substituents is 1. The molecule has 9 nitrogen and oxygen atoms in total. The van der Waals surface area contributed by atoms with Crippen molar-refractivity contribution in [3.05, 3.63) is 34.4 Å². The molecule has 0 unspecified atom stereocenters. The Kier molecular flexibility index (Phi) is 10.5. The minimum atomic E-state index is -0.385. The number of guanidine groups is 1. The third-order valence-corrected chi connectivity index (χ3v) is 4.61. The maximum atomic E-state index is 11.0. The minimum absolute atomic E-state index is 0. The average molecular weight is 506 g/mol. The molecule has 0 saturated carbocycles. The first kappa shape index (κ1) is 24.4. The average Bonchev–Trinajstić information content (AvgIpc) is 2.68. The van der Waals surface area contributed by atoms with Gasteiger partial charge in [0, 0.05) is 51.4 Å². The van der Waals surface area contributed by atoms with E-state index in [0.717, 1.165) is 32.8 Å². The highest BCUT2D eigenvalue weighted by atomic mass is 127. The summed E-state index contributed by atoms with van der Waals surface area (Å²) < 4.78 is 5.42. The number of hydrogen-bond acceptors (Lipinski definition) is 6. The molecule has 1 aliphatic rings. The van der Waals surface area contributed by atoms with E-state index in [-0.39, 0.29) is 40.1 Å². The number of ether oxygens (including phenoxy) is 1. The summed E-state index contributed by atoms with van der Waals surface area (Å²) in [5.41, 5.74) is 0.581. The van der Waals surface area contributed by atoms with Gasteiger partial charge >= 0.3 is 0 Å². The van der Waals surface area contributed by atoms with Gasteiger partial charge in [0.05, 0.1) is 18.1 Å². The van der Waals surface area contributed by atoms with Gasteiger partial charge in [-0.3, -0.25) is 20.0 Å². The zero-order chi connectivity index (χ0) is 19.7. The Morgan fingerprint density at radius 1 is 1.25 bits per heavy atom. The molecule has 0 radical (unpaired) electrons. The number of anilines is 1. The van der Waals surface area contributed by atoms with Crippen LogP contribution in [0.3, 0.4) is 0 Å². The quantitative estimate of drug-likeness (QED) is 0.124. The van der Waals surface area contributed by atoms with E-state index >= 15 is 0 Å². The van der Waals surface area contributed by atoms with E-state index in [4.69, 9.17) is 4.74 Å². The lowest BCUT2D eigenvalue weighted by atomic mass is 10.0. The fourth-order valence-electron chi connectivity index (χ4n) is 2.96. The predicted molar refractivity (Wildman–Crippen MR) is 123 cm³/mol. The molecule has 28 heavy (non-hydrogen) atoms. The number of para-hydroxylation sites is 2. The Balaban J connectivity index is 0.00000392. The van der Waals surface area contributed by atoms with Crippen LogP contribution in [0.4, 0.5) is 11.4 Å². The summed E-state index contributed by atoms with van der Waals surface area (Å²) in [7, 11) is 1.73. The zero-order valence-electron chi connectivity index (χ0n) is 16.7. The minimum Gasteiger partial charge on any atom is -0.379 e. The highest BCUT2D eigenvalue weighted by Gasteiger charge is 2.28. The van der Waals surface area contributed by atoms with E-state index in [2.05, 4.69) is 39.7 Å². The number of nitrogens with one attached hydrogen (secondary N) is 3.